The fourth-order valence-electron chi connectivity index (χ4n) is 4.40. The summed E-state index contributed by atoms with van der Waals surface area (Å²) in [6.45, 7) is 0.401. The van der Waals surface area contributed by atoms with Crippen molar-refractivity contribution < 1.29 is 9.59 Å². The van der Waals surface area contributed by atoms with Crippen molar-refractivity contribution in [2.45, 2.75) is 50.7 Å². The van der Waals surface area contributed by atoms with Crippen LogP contribution in [0.1, 0.15) is 48.2 Å². The van der Waals surface area contributed by atoms with Crippen LogP contribution in [0.2, 0.25) is 0 Å². The Morgan fingerprint density at radius 2 is 1.96 bits per heavy atom. The van der Waals surface area contributed by atoms with Gasteiger partial charge in [0.25, 0.3) is 5.91 Å². The molecule has 2 aliphatic rings. The van der Waals surface area contributed by atoms with Crippen molar-refractivity contribution in [3.8, 4) is 0 Å². The van der Waals surface area contributed by atoms with E-state index in [1.807, 2.05) is 41.3 Å². The largest absolute Gasteiger partial charge is 0.349 e. The summed E-state index contributed by atoms with van der Waals surface area (Å²) in [7, 11) is 0. The Balaban J connectivity index is 1.54. The molecule has 136 valence electrons. The van der Waals surface area contributed by atoms with Crippen LogP contribution in [0, 0.1) is 5.92 Å². The summed E-state index contributed by atoms with van der Waals surface area (Å²) in [4.78, 5) is 27.9. The zero-order valence-electron chi connectivity index (χ0n) is 14.7. The van der Waals surface area contributed by atoms with E-state index in [2.05, 4.69) is 15.5 Å². The molecule has 0 radical (unpaired) electrons. The van der Waals surface area contributed by atoms with E-state index in [1.165, 1.54) is 6.42 Å². The lowest BCUT2D eigenvalue weighted by molar-refractivity contribution is -0.125. The first-order valence-electron chi connectivity index (χ1n) is 9.37. The summed E-state index contributed by atoms with van der Waals surface area (Å²) < 4.78 is 0. The second-order valence-electron chi connectivity index (χ2n) is 7.24. The lowest BCUT2D eigenvalue weighted by atomic mass is 9.84. The van der Waals surface area contributed by atoms with Gasteiger partial charge in [-0.1, -0.05) is 31.0 Å². The molecule has 0 spiro atoms. The third-order valence-corrected chi connectivity index (χ3v) is 5.66. The topological polar surface area (TPSA) is 78.1 Å². The van der Waals surface area contributed by atoms with E-state index in [0.717, 1.165) is 31.4 Å². The maximum atomic E-state index is 13.2. The Kier molecular flexibility index (Phi) is 4.73. The fraction of sp³-hybridized carbons (Fsp3) is 0.450. The molecule has 26 heavy (non-hydrogen) atoms. The van der Waals surface area contributed by atoms with Gasteiger partial charge in [0.05, 0.1) is 12.2 Å². The quantitative estimate of drug-likeness (QED) is 0.887. The van der Waals surface area contributed by atoms with Crippen molar-refractivity contribution in [1.29, 1.82) is 0 Å². The van der Waals surface area contributed by atoms with Gasteiger partial charge in [-0.15, -0.1) is 0 Å². The summed E-state index contributed by atoms with van der Waals surface area (Å²) in [5.41, 5.74) is 1.51. The smallest absolute Gasteiger partial charge is 0.254 e. The van der Waals surface area contributed by atoms with Crippen molar-refractivity contribution in [2.75, 3.05) is 0 Å². The van der Waals surface area contributed by atoms with Crippen LogP contribution in [0.5, 0.6) is 0 Å². The van der Waals surface area contributed by atoms with E-state index in [9.17, 15) is 9.59 Å². The molecule has 2 aromatic rings. The maximum Gasteiger partial charge on any atom is 0.254 e. The van der Waals surface area contributed by atoms with Gasteiger partial charge in [-0.25, -0.2) is 0 Å². The molecule has 2 fully saturated rings. The van der Waals surface area contributed by atoms with Crippen LogP contribution in [0.4, 0.5) is 0 Å². The molecule has 4 rings (SSSR count). The first kappa shape index (κ1) is 16.8. The zero-order valence-corrected chi connectivity index (χ0v) is 14.7. The molecular formula is C20H24N4O2. The molecule has 1 saturated heterocycles. The number of nitrogens with zero attached hydrogens (tertiary/aromatic N) is 2. The highest BCUT2D eigenvalue weighted by molar-refractivity contribution is 5.98. The number of benzene rings is 1. The lowest BCUT2D eigenvalue weighted by Gasteiger charge is -2.33. The van der Waals surface area contributed by atoms with Crippen LogP contribution >= 0.6 is 0 Å². The van der Waals surface area contributed by atoms with E-state index < -0.39 is 6.04 Å². The molecule has 2 heterocycles. The summed E-state index contributed by atoms with van der Waals surface area (Å²) in [6.07, 6.45) is 6.84. The molecule has 1 saturated carbocycles. The highest BCUT2D eigenvalue weighted by Crippen LogP contribution is 2.40. The van der Waals surface area contributed by atoms with Gasteiger partial charge in [0.1, 0.15) is 6.04 Å². The van der Waals surface area contributed by atoms with Gasteiger partial charge in [-0.3, -0.25) is 14.7 Å². The third-order valence-electron chi connectivity index (χ3n) is 5.66. The van der Waals surface area contributed by atoms with Gasteiger partial charge < -0.3 is 10.2 Å². The number of carbonyl (C=O) groups excluding carboxylic acids is 2. The Bertz CT molecular complexity index is 759. The van der Waals surface area contributed by atoms with Crippen molar-refractivity contribution in [3.63, 3.8) is 0 Å². The first-order valence-corrected chi connectivity index (χ1v) is 9.37. The Labute approximate surface area is 153 Å². The second-order valence-corrected chi connectivity index (χ2v) is 7.24. The van der Waals surface area contributed by atoms with Gasteiger partial charge in [0.15, 0.2) is 0 Å². The average molecular weight is 352 g/mol. The molecule has 0 bridgehead atoms. The molecule has 1 aromatic carbocycles. The Morgan fingerprint density at radius 3 is 2.73 bits per heavy atom. The number of fused-ring (bicyclic) bond motifs is 1. The number of nitrogens with one attached hydrogen (secondary N) is 2. The summed E-state index contributed by atoms with van der Waals surface area (Å²) in [5.74, 6) is 0.333. The van der Waals surface area contributed by atoms with Crippen LogP contribution in [-0.4, -0.2) is 39.0 Å². The molecular weight excluding hydrogens is 328 g/mol. The van der Waals surface area contributed by atoms with Crippen molar-refractivity contribution in [2.24, 2.45) is 5.92 Å². The molecule has 0 unspecified atom stereocenters. The van der Waals surface area contributed by atoms with Crippen LogP contribution in [-0.2, 0) is 11.3 Å². The molecule has 3 atom stereocenters. The lowest BCUT2D eigenvalue weighted by Crippen LogP contribution is -2.49. The van der Waals surface area contributed by atoms with Crippen molar-refractivity contribution in [1.82, 2.24) is 20.4 Å². The van der Waals surface area contributed by atoms with E-state index in [-0.39, 0.29) is 17.9 Å². The van der Waals surface area contributed by atoms with Crippen molar-refractivity contribution >= 4 is 11.8 Å². The van der Waals surface area contributed by atoms with Crippen molar-refractivity contribution in [3.05, 3.63) is 53.9 Å². The predicted octanol–water partition coefficient (Wildman–Crippen LogP) is 2.50. The minimum absolute atomic E-state index is 0.0262. The second kappa shape index (κ2) is 7.32. The van der Waals surface area contributed by atoms with Gasteiger partial charge >= 0.3 is 0 Å². The molecule has 1 aromatic heterocycles. The van der Waals surface area contributed by atoms with Gasteiger partial charge in [0.2, 0.25) is 5.91 Å². The number of aromatic amines is 1. The number of amides is 2. The van der Waals surface area contributed by atoms with Gasteiger partial charge in [0, 0.05) is 17.8 Å². The molecule has 1 aliphatic heterocycles. The highest BCUT2D eigenvalue weighted by Gasteiger charge is 2.47. The van der Waals surface area contributed by atoms with Crippen LogP contribution in [0.25, 0.3) is 0 Å². The van der Waals surface area contributed by atoms with Crippen LogP contribution in [0.3, 0.4) is 0 Å². The SMILES string of the molecule is O=C(NCc1ccn[nH]1)[C@@H]1C[C@@H]2CCCC[C@H]2N1C(=O)c1ccccc1. The third kappa shape index (κ3) is 3.23. The van der Waals surface area contributed by atoms with Crippen LogP contribution < -0.4 is 5.32 Å². The van der Waals surface area contributed by atoms with E-state index in [1.54, 1.807) is 6.20 Å². The minimum Gasteiger partial charge on any atom is -0.349 e. The first-order chi connectivity index (χ1) is 12.7. The highest BCUT2D eigenvalue weighted by atomic mass is 16.2. The maximum absolute atomic E-state index is 13.2. The normalized spacial score (nSPS) is 24.9. The number of aromatic nitrogens is 2. The zero-order chi connectivity index (χ0) is 17.9. The molecule has 6 heteroatoms. The monoisotopic (exact) mass is 352 g/mol. The number of rotatable bonds is 4. The van der Waals surface area contributed by atoms with Gasteiger partial charge in [-0.2, -0.15) is 5.10 Å². The van der Waals surface area contributed by atoms with E-state index in [4.69, 9.17) is 0 Å². The average Bonchev–Trinajstić information content (AvgIpc) is 3.34. The number of hydrogen-bond acceptors (Lipinski definition) is 3. The van der Waals surface area contributed by atoms with Gasteiger partial charge in [-0.05, 0) is 43.4 Å². The van der Waals surface area contributed by atoms with E-state index in [0.29, 0.717) is 18.0 Å². The van der Waals surface area contributed by atoms with E-state index >= 15 is 0 Å². The van der Waals surface area contributed by atoms with Crippen LogP contribution in [0.15, 0.2) is 42.6 Å². The number of carbonyl (C=O) groups is 2. The minimum atomic E-state index is -0.390. The standard InChI is InChI=1S/C20H24N4O2/c25-19(21-13-16-10-11-22-23-16)18-12-15-8-4-5-9-17(15)24(18)20(26)14-6-2-1-3-7-14/h1-3,6-7,10-11,15,17-18H,4-5,8-9,12-13H2,(H,21,25)(H,22,23)/t15-,17+,18-/m0/s1. The molecule has 1 aliphatic carbocycles. The molecule has 2 N–H and O–H groups in total. The summed E-state index contributed by atoms with van der Waals surface area (Å²) >= 11 is 0. The molecule has 2 amide bonds. The number of likely N-dealkylation sites (tertiary alicyclic amines) is 1. The summed E-state index contributed by atoms with van der Waals surface area (Å²) in [6, 6.07) is 10.9. The molecule has 6 nitrogen and oxygen atoms in total. The fourth-order valence-corrected chi connectivity index (χ4v) is 4.40. The predicted molar refractivity (Wildman–Crippen MR) is 97.2 cm³/mol. The summed E-state index contributed by atoms with van der Waals surface area (Å²) in [5, 5.41) is 9.72. The Morgan fingerprint density at radius 1 is 1.15 bits per heavy atom. The Hall–Kier alpha value is -2.63. The number of H-pyrrole nitrogens is 1. The number of hydrogen-bond donors (Lipinski definition) is 2.